The molecule has 4 atom stereocenters. The lowest BCUT2D eigenvalue weighted by Crippen LogP contribution is -2.51. The zero-order valence-electron chi connectivity index (χ0n) is 37.9. The van der Waals surface area contributed by atoms with Crippen LogP contribution in [0.2, 0.25) is 0 Å². The van der Waals surface area contributed by atoms with Gasteiger partial charge in [-0.1, -0.05) is 52.0 Å². The van der Waals surface area contributed by atoms with Gasteiger partial charge in [-0.25, -0.2) is 19.6 Å². The minimum absolute atomic E-state index is 0.129. The zero-order valence-corrected chi connectivity index (χ0v) is 37.9. The SMILES string of the molecule is CC(C)[C@@H](NC(=O)OC1CCOCC1)C(=O)N1CCC[C@@H]1c1ncc(-c2ccc3c(c2)Cc2cc(-c4cnc([C@H]5CCCN5C(=O)[C@H](NC(=O)OC5CCOCC5)C(C)C)[nH]4)ccc2-3)[nH]1. The van der Waals surface area contributed by atoms with Crippen molar-refractivity contribution in [1.82, 2.24) is 40.4 Å². The van der Waals surface area contributed by atoms with E-state index in [1.54, 1.807) is 0 Å². The van der Waals surface area contributed by atoms with E-state index >= 15 is 0 Å². The number of carbonyl (C=O) groups excluding carboxylic acids is 4. The number of aromatic amines is 2. The van der Waals surface area contributed by atoms with Crippen LogP contribution in [0.25, 0.3) is 33.6 Å². The average molecular weight is 891 g/mol. The van der Waals surface area contributed by atoms with E-state index in [9.17, 15) is 19.2 Å². The molecule has 0 radical (unpaired) electrons. The molecular weight excluding hydrogens is 829 g/mol. The maximum absolute atomic E-state index is 14.0. The molecule has 0 bridgehead atoms. The molecule has 65 heavy (non-hydrogen) atoms. The Bertz CT molecular complexity index is 2200. The Hall–Kier alpha value is -5.74. The molecule has 4 aliphatic heterocycles. The minimum Gasteiger partial charge on any atom is -0.446 e. The molecule has 9 rings (SSSR count). The van der Waals surface area contributed by atoms with E-state index < -0.39 is 24.3 Å². The molecule has 5 aliphatic rings. The molecule has 1 aliphatic carbocycles. The van der Waals surface area contributed by atoms with E-state index in [0.29, 0.717) is 65.2 Å². The van der Waals surface area contributed by atoms with Crippen molar-refractivity contribution >= 4 is 24.0 Å². The number of likely N-dealkylation sites (tertiary alicyclic amines) is 2. The van der Waals surface area contributed by atoms with Crippen molar-refractivity contribution in [3.8, 4) is 33.6 Å². The predicted molar refractivity (Wildman–Crippen MR) is 241 cm³/mol. The fraction of sp³-hybridized carbons (Fsp3) is 0.551. The number of H-pyrrole nitrogens is 2. The van der Waals surface area contributed by atoms with Crippen LogP contribution in [-0.2, 0) is 35.0 Å². The highest BCUT2D eigenvalue weighted by atomic mass is 16.6. The fourth-order valence-electron chi connectivity index (χ4n) is 10.1. The standard InChI is InChI=1S/C49H62N8O8/c1-28(2)42(54-48(60)64-34-13-19-62-20-14-34)46(58)56-17-5-7-40(56)44-50-26-38(52-44)30-9-11-36-32(23-30)25-33-24-31(10-12-37(33)36)39-27-51-45(53-39)41-8-6-18-57(41)47(59)43(29(3)4)55-49(61)65-35-15-21-63-22-16-35/h9-12,23-24,26-29,34-35,40-43H,5-8,13-22,25H2,1-4H3,(H,50,52)(H,51,53)(H,54,60)(H,55,61)/t40-,41-,42-,43-/m1/s1. The highest BCUT2D eigenvalue weighted by Gasteiger charge is 2.40. The summed E-state index contributed by atoms with van der Waals surface area (Å²) in [6.07, 6.45) is 8.76. The second-order valence-electron chi connectivity index (χ2n) is 18.8. The summed E-state index contributed by atoms with van der Waals surface area (Å²) in [5, 5.41) is 5.74. The van der Waals surface area contributed by atoms with Gasteiger partial charge in [0, 0.05) is 38.8 Å². The maximum Gasteiger partial charge on any atom is 0.408 e. The zero-order chi connectivity index (χ0) is 45.2. The number of nitrogens with one attached hydrogen (secondary N) is 4. The number of imidazole rings is 2. The van der Waals surface area contributed by atoms with Crippen molar-refractivity contribution in [2.24, 2.45) is 11.8 Å². The van der Waals surface area contributed by atoms with E-state index in [1.807, 2.05) is 49.9 Å². The van der Waals surface area contributed by atoms with E-state index in [4.69, 9.17) is 28.9 Å². The molecular formula is C49H62N8O8. The Morgan fingerprint density at radius 2 is 1.05 bits per heavy atom. The van der Waals surface area contributed by atoms with Gasteiger partial charge in [0.1, 0.15) is 35.9 Å². The third-order valence-corrected chi connectivity index (χ3v) is 13.7. The first-order valence-corrected chi connectivity index (χ1v) is 23.6. The Kier molecular flexibility index (Phi) is 13.3. The van der Waals surface area contributed by atoms with E-state index in [0.717, 1.165) is 66.3 Å². The van der Waals surface area contributed by atoms with E-state index in [2.05, 4.69) is 57.0 Å². The largest absolute Gasteiger partial charge is 0.446 e. The van der Waals surface area contributed by atoms with Gasteiger partial charge in [0.05, 0.1) is 62.3 Å². The van der Waals surface area contributed by atoms with Gasteiger partial charge in [-0.05, 0) is 89.5 Å². The summed E-state index contributed by atoms with van der Waals surface area (Å²) in [5.74, 6) is 0.952. The van der Waals surface area contributed by atoms with Gasteiger partial charge in [0.15, 0.2) is 0 Å². The average Bonchev–Trinajstić information content (AvgIpc) is 4.16. The van der Waals surface area contributed by atoms with Gasteiger partial charge in [-0.15, -0.1) is 0 Å². The quantitative estimate of drug-likeness (QED) is 0.0994. The lowest BCUT2D eigenvalue weighted by atomic mass is 10.0. The fourth-order valence-corrected chi connectivity index (χ4v) is 10.1. The lowest BCUT2D eigenvalue weighted by molar-refractivity contribution is -0.136. The molecule has 0 unspecified atom stereocenters. The number of amides is 4. The summed E-state index contributed by atoms with van der Waals surface area (Å²) in [6, 6.07) is 11.1. The van der Waals surface area contributed by atoms with Crippen LogP contribution in [0.3, 0.4) is 0 Å². The summed E-state index contributed by atoms with van der Waals surface area (Å²) in [5.41, 5.74) is 8.63. The molecule has 4 fully saturated rings. The molecule has 16 nitrogen and oxygen atoms in total. The van der Waals surface area contributed by atoms with Crippen LogP contribution >= 0.6 is 0 Å². The van der Waals surface area contributed by atoms with E-state index in [1.165, 1.54) is 22.3 Å². The molecule has 0 spiro atoms. The van der Waals surface area contributed by atoms with Crippen molar-refractivity contribution in [2.45, 2.75) is 122 Å². The second-order valence-corrected chi connectivity index (χ2v) is 18.8. The molecule has 346 valence electrons. The molecule has 2 aromatic heterocycles. The van der Waals surface area contributed by atoms with Gasteiger partial charge in [-0.3, -0.25) is 9.59 Å². The van der Waals surface area contributed by atoms with E-state index in [-0.39, 0.29) is 47.9 Å². The van der Waals surface area contributed by atoms with Crippen LogP contribution in [0.15, 0.2) is 48.8 Å². The molecule has 16 heteroatoms. The van der Waals surface area contributed by atoms with Gasteiger partial charge in [0.2, 0.25) is 11.8 Å². The number of hydrogen-bond donors (Lipinski definition) is 4. The molecule has 4 saturated heterocycles. The van der Waals surface area contributed by atoms with Crippen molar-refractivity contribution in [1.29, 1.82) is 0 Å². The van der Waals surface area contributed by atoms with Crippen molar-refractivity contribution in [3.63, 3.8) is 0 Å². The Labute approximate surface area is 379 Å². The second kappa shape index (κ2) is 19.4. The first kappa shape index (κ1) is 44.5. The molecule has 4 N–H and O–H groups in total. The lowest BCUT2D eigenvalue weighted by Gasteiger charge is -2.31. The van der Waals surface area contributed by atoms with Crippen molar-refractivity contribution in [3.05, 3.63) is 71.6 Å². The van der Waals surface area contributed by atoms with Crippen LogP contribution in [0, 0.1) is 11.8 Å². The highest BCUT2D eigenvalue weighted by molar-refractivity contribution is 5.87. The number of fused-ring (bicyclic) bond motifs is 3. The van der Waals surface area contributed by atoms with Crippen LogP contribution < -0.4 is 10.6 Å². The smallest absolute Gasteiger partial charge is 0.408 e. The summed E-state index contributed by atoms with van der Waals surface area (Å²) in [7, 11) is 0. The third kappa shape index (κ3) is 9.65. The number of aromatic nitrogens is 4. The number of nitrogens with zero attached hydrogens (tertiary/aromatic N) is 4. The summed E-state index contributed by atoms with van der Waals surface area (Å²) in [4.78, 5) is 74.1. The Morgan fingerprint density at radius 3 is 1.45 bits per heavy atom. The first-order chi connectivity index (χ1) is 31.5. The molecule has 4 aromatic rings. The van der Waals surface area contributed by atoms with Crippen molar-refractivity contribution in [2.75, 3.05) is 39.5 Å². The van der Waals surface area contributed by atoms with Gasteiger partial charge in [-0.2, -0.15) is 0 Å². The number of alkyl carbamates (subject to hydrolysis) is 2. The first-order valence-electron chi connectivity index (χ1n) is 23.6. The summed E-state index contributed by atoms with van der Waals surface area (Å²) >= 11 is 0. The van der Waals surface area contributed by atoms with Crippen LogP contribution in [0.4, 0.5) is 9.59 Å². The minimum atomic E-state index is -0.715. The predicted octanol–water partition coefficient (Wildman–Crippen LogP) is 7.22. The Morgan fingerprint density at radius 1 is 0.631 bits per heavy atom. The normalized spacial score (nSPS) is 21.0. The van der Waals surface area contributed by atoms with Crippen LogP contribution in [0.1, 0.15) is 114 Å². The van der Waals surface area contributed by atoms with Gasteiger partial charge >= 0.3 is 12.2 Å². The number of ether oxygens (including phenoxy) is 4. The van der Waals surface area contributed by atoms with Crippen LogP contribution in [-0.4, -0.2) is 118 Å². The number of rotatable bonds is 12. The van der Waals surface area contributed by atoms with Gasteiger partial charge < -0.3 is 49.3 Å². The van der Waals surface area contributed by atoms with Crippen molar-refractivity contribution < 1.29 is 38.1 Å². The monoisotopic (exact) mass is 890 g/mol. The maximum atomic E-state index is 14.0. The molecule has 2 aromatic carbocycles. The number of hydrogen-bond acceptors (Lipinski definition) is 10. The molecule has 6 heterocycles. The Balaban J connectivity index is 0.840. The van der Waals surface area contributed by atoms with Gasteiger partial charge in [0.25, 0.3) is 0 Å². The molecule has 0 saturated carbocycles. The third-order valence-electron chi connectivity index (χ3n) is 13.7. The highest BCUT2D eigenvalue weighted by Crippen LogP contribution is 2.41. The summed E-state index contributed by atoms with van der Waals surface area (Å²) < 4.78 is 22.1. The topological polar surface area (TPSA) is 193 Å². The van der Waals surface area contributed by atoms with Crippen LogP contribution in [0.5, 0.6) is 0 Å². The number of carbonyl (C=O) groups is 4. The molecule has 4 amide bonds. The summed E-state index contributed by atoms with van der Waals surface area (Å²) in [6.45, 7) is 11.2. The number of benzene rings is 2.